The number of nitrogens with one attached hydrogen (secondary N) is 2. The highest BCUT2D eigenvalue weighted by Gasteiger charge is 2.04. The summed E-state index contributed by atoms with van der Waals surface area (Å²) in [5.41, 5.74) is 12.4. The minimum Gasteiger partial charge on any atom is -0.323 e. The SMILES string of the molecule is NC(N)=[NH+]c1nc2ccccc2[nH]1. The third-order valence-corrected chi connectivity index (χ3v) is 1.65. The lowest BCUT2D eigenvalue weighted by atomic mass is 10.3. The van der Waals surface area contributed by atoms with E-state index in [0.717, 1.165) is 11.0 Å². The van der Waals surface area contributed by atoms with Crippen molar-refractivity contribution in [3.63, 3.8) is 0 Å². The molecule has 0 saturated heterocycles. The van der Waals surface area contributed by atoms with E-state index in [1.807, 2.05) is 24.3 Å². The topological polar surface area (TPSA) is 94.7 Å². The number of hydrogen-bond acceptors (Lipinski definition) is 1. The maximum absolute atomic E-state index is 5.27. The standard InChI is InChI=1S/C8H9N5/c9-7(10)13-8-11-5-3-1-2-4-6(5)12-8/h1-4H,(H5,9,10,11,12,13)/p+1. The molecule has 1 aromatic heterocycles. The maximum Gasteiger partial charge on any atom is 0.323 e. The summed E-state index contributed by atoms with van der Waals surface area (Å²) in [5, 5.41) is 0. The molecule has 5 nitrogen and oxygen atoms in total. The third kappa shape index (κ3) is 1.44. The Morgan fingerprint density at radius 2 is 2.08 bits per heavy atom. The molecule has 0 aliphatic heterocycles. The van der Waals surface area contributed by atoms with Crippen molar-refractivity contribution in [3.05, 3.63) is 24.3 Å². The number of para-hydroxylation sites is 2. The molecule has 0 fully saturated rings. The fourth-order valence-electron chi connectivity index (χ4n) is 1.15. The molecule has 2 rings (SSSR count). The van der Waals surface area contributed by atoms with Gasteiger partial charge in [0, 0.05) is 0 Å². The molecule has 13 heavy (non-hydrogen) atoms. The Bertz CT molecular complexity index is 419. The maximum atomic E-state index is 5.27. The Balaban J connectivity index is 2.56. The first-order valence-electron chi connectivity index (χ1n) is 3.85. The van der Waals surface area contributed by atoms with E-state index in [1.165, 1.54) is 0 Å². The minimum atomic E-state index is 0.124. The van der Waals surface area contributed by atoms with Gasteiger partial charge < -0.3 is 11.5 Å². The van der Waals surface area contributed by atoms with Gasteiger partial charge in [0.2, 0.25) is 0 Å². The lowest BCUT2D eigenvalue weighted by Gasteiger charge is -1.81. The molecule has 5 heteroatoms. The number of H-pyrrole nitrogens is 1. The average Bonchev–Trinajstić information content (AvgIpc) is 2.44. The Morgan fingerprint density at radius 1 is 1.31 bits per heavy atom. The zero-order valence-electron chi connectivity index (χ0n) is 6.91. The highest BCUT2D eigenvalue weighted by Crippen LogP contribution is 2.09. The molecule has 0 amide bonds. The van der Waals surface area contributed by atoms with Crippen LogP contribution in [0.2, 0.25) is 0 Å². The molecule has 0 aliphatic rings. The monoisotopic (exact) mass is 176 g/mol. The molecular formula is C8H10N5+. The van der Waals surface area contributed by atoms with Gasteiger partial charge in [-0.05, 0) is 12.1 Å². The highest BCUT2D eigenvalue weighted by atomic mass is 15.1. The summed E-state index contributed by atoms with van der Waals surface area (Å²) in [7, 11) is 0. The molecule has 0 saturated carbocycles. The van der Waals surface area contributed by atoms with Crippen molar-refractivity contribution in [1.29, 1.82) is 0 Å². The van der Waals surface area contributed by atoms with E-state index < -0.39 is 0 Å². The summed E-state index contributed by atoms with van der Waals surface area (Å²) >= 11 is 0. The molecule has 66 valence electrons. The van der Waals surface area contributed by atoms with E-state index >= 15 is 0 Å². The summed E-state index contributed by atoms with van der Waals surface area (Å²) in [5.74, 6) is 0.681. The van der Waals surface area contributed by atoms with Gasteiger partial charge in [-0.1, -0.05) is 12.1 Å². The van der Waals surface area contributed by atoms with Crippen LogP contribution in [0.3, 0.4) is 0 Å². The number of aromatic nitrogens is 2. The van der Waals surface area contributed by atoms with Crippen LogP contribution in [0.1, 0.15) is 0 Å². The molecule has 0 radical (unpaired) electrons. The molecule has 1 heterocycles. The average molecular weight is 176 g/mol. The van der Waals surface area contributed by atoms with Crippen molar-refractivity contribution < 1.29 is 4.99 Å². The van der Waals surface area contributed by atoms with Crippen molar-refractivity contribution in [2.24, 2.45) is 11.5 Å². The van der Waals surface area contributed by atoms with Crippen molar-refractivity contribution in [2.75, 3.05) is 0 Å². The first-order chi connectivity index (χ1) is 6.25. The van der Waals surface area contributed by atoms with Crippen molar-refractivity contribution in [2.45, 2.75) is 0 Å². The number of nitrogens with zero attached hydrogens (tertiary/aromatic N) is 1. The highest BCUT2D eigenvalue weighted by molar-refractivity contribution is 5.76. The number of rotatable bonds is 1. The van der Waals surface area contributed by atoms with Crippen molar-refractivity contribution in [1.82, 2.24) is 9.97 Å². The Kier molecular flexibility index (Phi) is 1.63. The van der Waals surface area contributed by atoms with Gasteiger partial charge in [0.05, 0.1) is 0 Å². The van der Waals surface area contributed by atoms with Gasteiger partial charge in [-0.3, -0.25) is 4.98 Å². The van der Waals surface area contributed by atoms with E-state index in [0.29, 0.717) is 5.95 Å². The second-order valence-electron chi connectivity index (χ2n) is 2.68. The van der Waals surface area contributed by atoms with Gasteiger partial charge in [0.15, 0.2) is 0 Å². The second kappa shape index (κ2) is 2.78. The third-order valence-electron chi connectivity index (χ3n) is 1.65. The predicted octanol–water partition coefficient (Wildman–Crippen LogP) is -1.45. The van der Waals surface area contributed by atoms with Crippen LogP contribution in [0.15, 0.2) is 24.3 Å². The zero-order valence-corrected chi connectivity index (χ0v) is 6.91. The molecule has 0 spiro atoms. The number of hydrogen-bond donors (Lipinski definition) is 4. The van der Waals surface area contributed by atoms with Crippen LogP contribution in [0.4, 0.5) is 5.95 Å². The molecule has 0 aliphatic carbocycles. The fourth-order valence-corrected chi connectivity index (χ4v) is 1.15. The number of guanidine groups is 1. The van der Waals surface area contributed by atoms with Crippen LogP contribution in [-0.4, -0.2) is 15.9 Å². The van der Waals surface area contributed by atoms with Crippen LogP contribution in [0.5, 0.6) is 0 Å². The smallest absolute Gasteiger partial charge is 0.323 e. The second-order valence-corrected chi connectivity index (χ2v) is 2.68. The minimum absolute atomic E-state index is 0.124. The van der Waals surface area contributed by atoms with E-state index in [1.54, 1.807) is 0 Å². The quantitative estimate of drug-likeness (QED) is 0.316. The first kappa shape index (κ1) is 7.60. The van der Waals surface area contributed by atoms with Crippen molar-refractivity contribution in [3.8, 4) is 0 Å². The van der Waals surface area contributed by atoms with E-state index in [4.69, 9.17) is 11.5 Å². The molecule has 1 aromatic carbocycles. The lowest BCUT2D eigenvalue weighted by molar-refractivity contribution is -0.365. The lowest BCUT2D eigenvalue weighted by Crippen LogP contribution is -2.73. The summed E-state index contributed by atoms with van der Waals surface area (Å²) in [6, 6.07) is 7.69. The number of imidazole rings is 1. The Labute approximate surface area is 74.5 Å². The summed E-state index contributed by atoms with van der Waals surface area (Å²) in [6.45, 7) is 0. The largest absolute Gasteiger partial charge is 0.323 e. The molecule has 0 bridgehead atoms. The van der Waals surface area contributed by atoms with E-state index in [-0.39, 0.29) is 5.96 Å². The predicted molar refractivity (Wildman–Crippen MR) is 50.1 cm³/mol. The number of benzene rings is 1. The summed E-state index contributed by atoms with van der Waals surface area (Å²) in [4.78, 5) is 9.93. The number of nitrogens with two attached hydrogens (primary N) is 2. The van der Waals surface area contributed by atoms with Crippen LogP contribution in [0, 0.1) is 0 Å². The zero-order chi connectivity index (χ0) is 9.26. The molecule has 6 N–H and O–H groups in total. The van der Waals surface area contributed by atoms with Gasteiger partial charge in [0.1, 0.15) is 11.0 Å². The van der Waals surface area contributed by atoms with Crippen LogP contribution in [0.25, 0.3) is 11.0 Å². The Hall–Kier alpha value is -2.04. The molecule has 0 unspecified atom stereocenters. The van der Waals surface area contributed by atoms with Crippen LogP contribution in [-0.2, 0) is 0 Å². The fraction of sp³-hybridized carbons (Fsp3) is 0. The molecular weight excluding hydrogens is 166 g/mol. The van der Waals surface area contributed by atoms with Crippen LogP contribution < -0.4 is 16.5 Å². The van der Waals surface area contributed by atoms with Gasteiger partial charge in [-0.2, -0.15) is 0 Å². The van der Waals surface area contributed by atoms with Crippen molar-refractivity contribution >= 4 is 22.9 Å². The number of aromatic amines is 1. The number of fused-ring (bicyclic) bond motifs is 1. The van der Waals surface area contributed by atoms with E-state index in [9.17, 15) is 0 Å². The van der Waals surface area contributed by atoms with Crippen LogP contribution >= 0.6 is 0 Å². The van der Waals surface area contributed by atoms with Gasteiger partial charge >= 0.3 is 5.95 Å². The van der Waals surface area contributed by atoms with Gasteiger partial charge in [-0.25, -0.2) is 4.99 Å². The molecule has 2 aromatic rings. The summed E-state index contributed by atoms with van der Waals surface area (Å²) < 4.78 is 0. The van der Waals surface area contributed by atoms with Gasteiger partial charge in [0.25, 0.3) is 5.96 Å². The Morgan fingerprint density at radius 3 is 2.77 bits per heavy atom. The normalized spacial score (nSPS) is 10.2. The summed E-state index contributed by atoms with van der Waals surface area (Å²) in [6.07, 6.45) is 0. The van der Waals surface area contributed by atoms with E-state index in [2.05, 4.69) is 15.0 Å². The van der Waals surface area contributed by atoms with Gasteiger partial charge in [-0.15, -0.1) is 4.98 Å². The first-order valence-corrected chi connectivity index (χ1v) is 3.85. The molecule has 0 atom stereocenters.